The quantitative estimate of drug-likeness (QED) is 0.471. The molecule has 0 bridgehead atoms. The molecule has 0 spiro atoms. The lowest BCUT2D eigenvalue weighted by molar-refractivity contribution is 0.340. The molecular formula is C22H30ClN3O. The van der Waals surface area contributed by atoms with Gasteiger partial charge < -0.3 is 14.7 Å². The molecule has 5 heteroatoms. The van der Waals surface area contributed by atoms with Crippen LogP contribution in [-0.2, 0) is 0 Å². The molecule has 1 aliphatic rings. The summed E-state index contributed by atoms with van der Waals surface area (Å²) in [6.45, 7) is 7.07. The predicted octanol–water partition coefficient (Wildman–Crippen LogP) is 6.54. The number of aliphatic imine (C=N–C) groups is 1. The summed E-state index contributed by atoms with van der Waals surface area (Å²) in [5.41, 5.74) is 6.67. The van der Waals surface area contributed by atoms with E-state index < -0.39 is 0 Å². The van der Waals surface area contributed by atoms with Gasteiger partial charge in [-0.05, 0) is 56.0 Å². The van der Waals surface area contributed by atoms with Crippen LogP contribution in [0.25, 0.3) is 17.5 Å². The van der Waals surface area contributed by atoms with Gasteiger partial charge in [0.1, 0.15) is 5.75 Å². The van der Waals surface area contributed by atoms with Crippen LogP contribution in [0.4, 0.5) is 0 Å². The van der Waals surface area contributed by atoms with Crippen molar-refractivity contribution >= 4 is 24.2 Å². The third kappa shape index (κ3) is 5.16. The molecule has 0 amide bonds. The average Bonchev–Trinajstić information content (AvgIpc) is 3.36. The van der Waals surface area contributed by atoms with Gasteiger partial charge in [0.15, 0.2) is 0 Å². The lowest BCUT2D eigenvalue weighted by Gasteiger charge is -2.02. The molecule has 0 aliphatic carbocycles. The normalized spacial score (nSPS) is 14.9. The fourth-order valence-electron chi connectivity index (χ4n) is 3.31. The Morgan fingerprint density at radius 3 is 2.67 bits per heavy atom. The Kier molecular flexibility index (Phi) is 7.99. The van der Waals surface area contributed by atoms with Gasteiger partial charge in [0, 0.05) is 18.0 Å². The Morgan fingerprint density at radius 2 is 2.00 bits per heavy atom. The highest BCUT2D eigenvalue weighted by Crippen LogP contribution is 2.31. The van der Waals surface area contributed by atoms with Gasteiger partial charge in [-0.3, -0.25) is 4.99 Å². The van der Waals surface area contributed by atoms with Crippen molar-refractivity contribution < 1.29 is 4.74 Å². The summed E-state index contributed by atoms with van der Waals surface area (Å²) >= 11 is 0. The zero-order chi connectivity index (χ0) is 18.4. The second-order valence-corrected chi connectivity index (χ2v) is 6.59. The van der Waals surface area contributed by atoms with E-state index in [1.54, 1.807) is 0 Å². The number of halogens is 1. The summed E-state index contributed by atoms with van der Waals surface area (Å²) in [4.78, 5) is 11.5. The lowest BCUT2D eigenvalue weighted by atomic mass is 10.0. The second kappa shape index (κ2) is 10.2. The first-order valence-electron chi connectivity index (χ1n) is 9.74. The Hall–Kier alpha value is -2.20. The van der Waals surface area contributed by atoms with Gasteiger partial charge in [0.25, 0.3) is 0 Å². The van der Waals surface area contributed by atoms with Crippen LogP contribution in [0.3, 0.4) is 0 Å². The van der Waals surface area contributed by atoms with Crippen molar-refractivity contribution in [1.82, 2.24) is 9.97 Å². The number of ether oxygens (including phenoxy) is 1. The zero-order valence-corrected chi connectivity index (χ0v) is 17.3. The summed E-state index contributed by atoms with van der Waals surface area (Å²) in [5, 5.41) is 0. The van der Waals surface area contributed by atoms with E-state index in [1.165, 1.54) is 30.5 Å². The van der Waals surface area contributed by atoms with Crippen molar-refractivity contribution in [1.29, 1.82) is 0 Å². The number of rotatable bonds is 9. The molecule has 3 rings (SSSR count). The van der Waals surface area contributed by atoms with Crippen LogP contribution < -0.4 is 4.74 Å². The first-order valence-corrected chi connectivity index (χ1v) is 9.74. The van der Waals surface area contributed by atoms with E-state index in [2.05, 4.69) is 36.0 Å². The predicted molar refractivity (Wildman–Crippen MR) is 117 cm³/mol. The number of H-pyrrole nitrogens is 2. The fraction of sp³-hybridized carbons (Fsp3) is 0.409. The third-order valence-electron chi connectivity index (χ3n) is 4.63. The molecule has 0 unspecified atom stereocenters. The number of allylic oxidation sites excluding steroid dienone is 2. The number of aromatic nitrogens is 2. The maximum atomic E-state index is 5.83. The summed E-state index contributed by atoms with van der Waals surface area (Å²) in [6.07, 6.45) is 12.1. The van der Waals surface area contributed by atoms with Gasteiger partial charge in [0.2, 0.25) is 0 Å². The van der Waals surface area contributed by atoms with Gasteiger partial charge in [-0.1, -0.05) is 26.7 Å². The molecule has 2 aromatic heterocycles. The maximum absolute atomic E-state index is 5.83. The number of nitrogens with one attached hydrogen (secondary N) is 2. The summed E-state index contributed by atoms with van der Waals surface area (Å²) < 4.78 is 5.83. The molecule has 0 aromatic carbocycles. The molecule has 0 saturated carbocycles. The minimum absolute atomic E-state index is 0. The van der Waals surface area contributed by atoms with Crippen molar-refractivity contribution in [3.8, 4) is 17.1 Å². The maximum Gasteiger partial charge on any atom is 0.144 e. The minimum Gasteiger partial charge on any atom is -0.492 e. The fourth-order valence-corrected chi connectivity index (χ4v) is 3.31. The molecule has 0 atom stereocenters. The SMILES string of the molecule is CCCCCC1=CC(=Cc2[nH]c(-c3ccc[nH]3)cc2OCC)N=C1CC.Cl. The van der Waals surface area contributed by atoms with Crippen LogP contribution in [0, 0.1) is 0 Å². The highest BCUT2D eigenvalue weighted by molar-refractivity contribution is 6.04. The van der Waals surface area contributed by atoms with Crippen molar-refractivity contribution in [3.63, 3.8) is 0 Å². The monoisotopic (exact) mass is 387 g/mol. The second-order valence-electron chi connectivity index (χ2n) is 6.59. The van der Waals surface area contributed by atoms with Crippen LogP contribution in [0.15, 0.2) is 46.7 Å². The minimum atomic E-state index is 0. The standard InChI is InChI=1S/C22H29N3O.ClH/c1-4-7-8-10-16-13-17(24-18(16)5-2)14-21-22(26-6-3)15-20(25-21)19-11-9-12-23-19;/h9,11-15,23,25H,4-8,10H2,1-3H3;1H. The van der Waals surface area contributed by atoms with Gasteiger partial charge in [-0.25, -0.2) is 0 Å². The Bertz CT molecular complexity index is 813. The molecule has 2 aromatic rings. The number of hydrogen-bond acceptors (Lipinski definition) is 2. The molecule has 146 valence electrons. The summed E-state index contributed by atoms with van der Waals surface area (Å²) in [6, 6.07) is 6.09. The van der Waals surface area contributed by atoms with Gasteiger partial charge >= 0.3 is 0 Å². The van der Waals surface area contributed by atoms with Crippen molar-refractivity contribution in [2.75, 3.05) is 6.61 Å². The number of nitrogens with zero attached hydrogens (tertiary/aromatic N) is 1. The third-order valence-corrected chi connectivity index (χ3v) is 4.63. The Balaban J connectivity index is 0.00000261. The number of hydrogen-bond donors (Lipinski definition) is 2. The van der Waals surface area contributed by atoms with Crippen LogP contribution in [0.5, 0.6) is 5.75 Å². The molecule has 2 N–H and O–H groups in total. The van der Waals surface area contributed by atoms with Crippen molar-refractivity contribution in [3.05, 3.63) is 47.4 Å². The molecular weight excluding hydrogens is 358 g/mol. The van der Waals surface area contributed by atoms with E-state index in [0.717, 1.165) is 41.4 Å². The highest BCUT2D eigenvalue weighted by atomic mass is 35.5. The zero-order valence-electron chi connectivity index (χ0n) is 16.5. The van der Waals surface area contributed by atoms with E-state index in [-0.39, 0.29) is 12.4 Å². The van der Waals surface area contributed by atoms with Crippen LogP contribution in [-0.4, -0.2) is 22.3 Å². The molecule has 4 nitrogen and oxygen atoms in total. The molecule has 0 radical (unpaired) electrons. The van der Waals surface area contributed by atoms with Gasteiger partial charge in [0.05, 0.1) is 29.4 Å². The molecule has 0 fully saturated rings. The van der Waals surface area contributed by atoms with Crippen LogP contribution in [0.2, 0.25) is 0 Å². The van der Waals surface area contributed by atoms with E-state index in [4.69, 9.17) is 9.73 Å². The molecule has 27 heavy (non-hydrogen) atoms. The summed E-state index contributed by atoms with van der Waals surface area (Å²) in [7, 11) is 0. The lowest BCUT2D eigenvalue weighted by Crippen LogP contribution is -1.97. The van der Waals surface area contributed by atoms with E-state index in [9.17, 15) is 0 Å². The average molecular weight is 388 g/mol. The largest absolute Gasteiger partial charge is 0.492 e. The number of aromatic amines is 2. The molecule has 3 heterocycles. The van der Waals surface area contributed by atoms with Crippen LogP contribution >= 0.6 is 12.4 Å². The topological polar surface area (TPSA) is 53.2 Å². The van der Waals surface area contributed by atoms with E-state index in [1.807, 2.05) is 31.3 Å². The van der Waals surface area contributed by atoms with Crippen LogP contribution in [0.1, 0.15) is 58.6 Å². The van der Waals surface area contributed by atoms with E-state index in [0.29, 0.717) is 6.61 Å². The van der Waals surface area contributed by atoms with Gasteiger partial charge in [-0.2, -0.15) is 0 Å². The van der Waals surface area contributed by atoms with E-state index >= 15 is 0 Å². The smallest absolute Gasteiger partial charge is 0.144 e. The van der Waals surface area contributed by atoms with Gasteiger partial charge in [-0.15, -0.1) is 12.4 Å². The molecule has 0 saturated heterocycles. The molecule has 1 aliphatic heterocycles. The first-order chi connectivity index (χ1) is 12.7. The Morgan fingerprint density at radius 1 is 1.15 bits per heavy atom. The number of unbranched alkanes of at least 4 members (excludes halogenated alkanes) is 2. The summed E-state index contributed by atoms with van der Waals surface area (Å²) in [5.74, 6) is 0.866. The van der Waals surface area contributed by atoms with Crippen molar-refractivity contribution in [2.45, 2.75) is 52.9 Å². The Labute approximate surface area is 168 Å². The first kappa shape index (κ1) is 21.1. The van der Waals surface area contributed by atoms with Crippen molar-refractivity contribution in [2.24, 2.45) is 4.99 Å². The highest BCUT2D eigenvalue weighted by Gasteiger charge is 2.15.